The highest BCUT2D eigenvalue weighted by molar-refractivity contribution is 5.91. The molecule has 96 valence electrons. The van der Waals surface area contributed by atoms with Crippen LogP contribution < -0.4 is 10.6 Å². The van der Waals surface area contributed by atoms with Crippen molar-refractivity contribution in [2.24, 2.45) is 5.73 Å². The Bertz CT molecular complexity index is 460. The van der Waals surface area contributed by atoms with E-state index in [1.54, 1.807) is 13.8 Å². The number of anilines is 1. The maximum Gasteiger partial charge on any atom is 0.426 e. The molecule has 1 aromatic carbocycles. The van der Waals surface area contributed by atoms with E-state index in [0.29, 0.717) is 18.8 Å². The molecule has 2 N–H and O–H groups in total. The second-order valence-corrected chi connectivity index (χ2v) is 3.60. The van der Waals surface area contributed by atoms with Crippen LogP contribution >= 0.6 is 0 Å². The van der Waals surface area contributed by atoms with Gasteiger partial charge in [0.15, 0.2) is 0 Å². The summed E-state index contributed by atoms with van der Waals surface area (Å²) >= 11 is 0. The van der Waals surface area contributed by atoms with Crippen molar-refractivity contribution >= 4 is 11.8 Å². The summed E-state index contributed by atoms with van der Waals surface area (Å²) < 4.78 is 4.97. The highest BCUT2D eigenvalue weighted by Gasteiger charge is 2.14. The summed E-state index contributed by atoms with van der Waals surface area (Å²) in [6.45, 7) is 4.34. The smallest absolute Gasteiger partial charge is 0.426 e. The lowest BCUT2D eigenvalue weighted by molar-refractivity contribution is 0.163. The number of hydrogen-bond acceptors (Lipinski definition) is 3. The lowest BCUT2D eigenvalue weighted by Gasteiger charge is -2.15. The second kappa shape index (κ2) is 7.36. The molecular formula is C14H18N2O2. The molecule has 0 fully saturated rings. The number of hydrogen-bond donors (Lipinski definition) is 1. The van der Waals surface area contributed by atoms with Gasteiger partial charge in [-0.2, -0.15) is 0 Å². The highest BCUT2D eigenvalue weighted by atomic mass is 16.6. The van der Waals surface area contributed by atoms with Crippen LogP contribution in [0.3, 0.4) is 0 Å². The average Bonchev–Trinajstić information content (AvgIpc) is 2.37. The molecule has 0 aliphatic rings. The van der Waals surface area contributed by atoms with Gasteiger partial charge in [-0.3, -0.25) is 0 Å². The van der Waals surface area contributed by atoms with E-state index in [4.69, 9.17) is 10.5 Å². The van der Waals surface area contributed by atoms with Crippen molar-refractivity contribution in [1.82, 2.24) is 0 Å². The van der Waals surface area contributed by atoms with E-state index in [-0.39, 0.29) is 0 Å². The van der Waals surface area contributed by atoms with Gasteiger partial charge in [-0.1, -0.05) is 18.1 Å². The van der Waals surface area contributed by atoms with Crippen molar-refractivity contribution in [3.63, 3.8) is 0 Å². The van der Waals surface area contributed by atoms with Crippen molar-refractivity contribution in [3.05, 3.63) is 29.8 Å². The van der Waals surface area contributed by atoms with E-state index in [9.17, 15) is 4.79 Å². The first-order chi connectivity index (χ1) is 8.72. The first kappa shape index (κ1) is 14.1. The highest BCUT2D eigenvalue weighted by Crippen LogP contribution is 2.17. The first-order valence-corrected chi connectivity index (χ1v) is 5.91. The van der Waals surface area contributed by atoms with E-state index in [2.05, 4.69) is 12.0 Å². The predicted octanol–water partition coefficient (Wildman–Crippen LogP) is 2.13. The molecule has 0 aliphatic heterocycles. The Morgan fingerprint density at radius 1 is 1.50 bits per heavy atom. The van der Waals surface area contributed by atoms with Gasteiger partial charge >= 0.3 is 6.09 Å². The molecule has 0 saturated heterocycles. The van der Waals surface area contributed by atoms with Gasteiger partial charge in [0.2, 0.25) is 0 Å². The number of amides is 1. The molecule has 0 saturated carbocycles. The minimum absolute atomic E-state index is 0.323. The van der Waals surface area contributed by atoms with Crippen molar-refractivity contribution < 1.29 is 9.53 Å². The van der Waals surface area contributed by atoms with Crippen LogP contribution in [0.25, 0.3) is 0 Å². The molecule has 4 heteroatoms. The van der Waals surface area contributed by atoms with Crippen LogP contribution in [0.5, 0.6) is 0 Å². The van der Waals surface area contributed by atoms with E-state index in [0.717, 1.165) is 12.0 Å². The summed E-state index contributed by atoms with van der Waals surface area (Å²) in [6, 6.07) is 10.3. The zero-order chi connectivity index (χ0) is 13.4. The van der Waals surface area contributed by atoms with Gasteiger partial charge in [0.1, 0.15) is 0 Å². The van der Waals surface area contributed by atoms with Crippen LogP contribution in [-0.2, 0) is 11.2 Å². The Morgan fingerprint density at radius 2 is 2.28 bits per heavy atom. The molecule has 0 aliphatic carbocycles. The zero-order valence-corrected chi connectivity index (χ0v) is 10.8. The van der Waals surface area contributed by atoms with Crippen molar-refractivity contribution in [2.75, 3.05) is 18.1 Å². The molecule has 18 heavy (non-hydrogen) atoms. The summed E-state index contributed by atoms with van der Waals surface area (Å²) in [5, 5.41) is 0. The summed E-state index contributed by atoms with van der Waals surface area (Å²) in [6.07, 6.45) is 0.307. The number of ether oxygens (including phenoxy) is 1. The maximum atomic E-state index is 11.8. The Labute approximate surface area is 108 Å². The molecule has 0 unspecified atom stereocenters. The fraction of sp³-hybridized carbons (Fsp3) is 0.357. The van der Waals surface area contributed by atoms with Crippen LogP contribution in [0, 0.1) is 12.0 Å². The van der Waals surface area contributed by atoms with E-state index >= 15 is 0 Å². The van der Waals surface area contributed by atoms with Gasteiger partial charge in [0, 0.05) is 6.04 Å². The van der Waals surface area contributed by atoms with Crippen LogP contribution in [0.2, 0.25) is 0 Å². The third-order valence-corrected chi connectivity index (χ3v) is 2.28. The van der Waals surface area contributed by atoms with E-state index < -0.39 is 6.09 Å². The number of carbonyl (C=O) groups excluding carboxylic acids is 1. The molecule has 0 heterocycles. The lowest BCUT2D eigenvalue weighted by atomic mass is 10.1. The number of rotatable bonds is 4. The quantitative estimate of drug-likeness (QED) is 0.654. The number of nitrogens with two attached hydrogens (primary N) is 1. The normalized spacial score (nSPS) is 9.28. The van der Waals surface area contributed by atoms with Crippen LogP contribution in [0.15, 0.2) is 24.3 Å². The average molecular weight is 246 g/mol. The fourth-order valence-electron chi connectivity index (χ4n) is 1.53. The van der Waals surface area contributed by atoms with Crippen molar-refractivity contribution in [3.8, 4) is 12.0 Å². The topological polar surface area (TPSA) is 55.6 Å². The monoisotopic (exact) mass is 246 g/mol. The maximum absolute atomic E-state index is 11.8. The predicted molar refractivity (Wildman–Crippen MR) is 72.2 cm³/mol. The zero-order valence-electron chi connectivity index (χ0n) is 10.8. The third kappa shape index (κ3) is 3.79. The minimum Gasteiger partial charge on any atom is -0.449 e. The SMILES string of the molecule is CC#CN(C(=O)OCC)c1cccc(CCN)c1. The number of nitrogens with zero attached hydrogens (tertiary/aromatic N) is 1. The standard InChI is InChI=1S/C14H18N2O2/c1-3-10-16(14(17)18-4-2)13-7-5-6-12(11-13)8-9-15/h5-7,11H,4,8-9,15H2,1-2H3. The molecular weight excluding hydrogens is 228 g/mol. The van der Waals surface area contributed by atoms with Gasteiger partial charge < -0.3 is 10.5 Å². The Balaban J connectivity index is 3.00. The van der Waals surface area contributed by atoms with Crippen LogP contribution in [-0.4, -0.2) is 19.2 Å². The molecule has 4 nitrogen and oxygen atoms in total. The molecule has 1 amide bonds. The Morgan fingerprint density at radius 3 is 2.89 bits per heavy atom. The van der Waals surface area contributed by atoms with E-state index in [1.165, 1.54) is 4.90 Å². The summed E-state index contributed by atoms with van der Waals surface area (Å²) in [5.41, 5.74) is 7.29. The second-order valence-electron chi connectivity index (χ2n) is 3.60. The summed E-state index contributed by atoms with van der Waals surface area (Å²) in [4.78, 5) is 13.1. The molecule has 0 spiro atoms. The van der Waals surface area contributed by atoms with Gasteiger partial charge in [-0.05, 0) is 44.5 Å². The number of benzene rings is 1. The van der Waals surface area contributed by atoms with Crippen molar-refractivity contribution in [1.29, 1.82) is 0 Å². The number of carbonyl (C=O) groups is 1. The van der Waals surface area contributed by atoms with Crippen LogP contribution in [0.4, 0.5) is 10.5 Å². The third-order valence-electron chi connectivity index (χ3n) is 2.28. The molecule has 0 atom stereocenters. The first-order valence-electron chi connectivity index (χ1n) is 5.91. The molecule has 1 rings (SSSR count). The minimum atomic E-state index is -0.461. The van der Waals surface area contributed by atoms with Gasteiger partial charge in [0.25, 0.3) is 0 Å². The Hall–Kier alpha value is -1.99. The fourth-order valence-corrected chi connectivity index (χ4v) is 1.53. The summed E-state index contributed by atoms with van der Waals surface area (Å²) in [7, 11) is 0. The van der Waals surface area contributed by atoms with Gasteiger partial charge in [0.05, 0.1) is 12.3 Å². The van der Waals surface area contributed by atoms with Gasteiger partial charge in [-0.15, -0.1) is 0 Å². The summed E-state index contributed by atoms with van der Waals surface area (Å²) in [5.74, 6) is 2.71. The van der Waals surface area contributed by atoms with Crippen molar-refractivity contribution in [2.45, 2.75) is 20.3 Å². The van der Waals surface area contributed by atoms with E-state index in [1.807, 2.05) is 24.3 Å². The molecule has 1 aromatic rings. The lowest BCUT2D eigenvalue weighted by Crippen LogP contribution is -2.26. The largest absolute Gasteiger partial charge is 0.449 e. The molecule has 0 radical (unpaired) electrons. The van der Waals surface area contributed by atoms with Crippen LogP contribution in [0.1, 0.15) is 19.4 Å². The molecule has 0 bridgehead atoms. The molecule has 0 aromatic heterocycles. The van der Waals surface area contributed by atoms with Gasteiger partial charge in [-0.25, -0.2) is 9.69 Å². The Kier molecular flexibility index (Phi) is 5.75.